The van der Waals surface area contributed by atoms with Gasteiger partial charge in [0.15, 0.2) is 0 Å². The van der Waals surface area contributed by atoms with Crippen molar-refractivity contribution in [2.75, 3.05) is 25.5 Å². The van der Waals surface area contributed by atoms with E-state index < -0.39 is 5.97 Å². The normalized spacial score (nSPS) is 13.6. The molecule has 1 N–H and O–H groups in total. The highest BCUT2D eigenvalue weighted by molar-refractivity contribution is 5.92. The zero-order valence-electron chi connectivity index (χ0n) is 13.4. The molecule has 0 aliphatic carbocycles. The number of likely N-dealkylation sites (tertiary alicyclic amines) is 1. The summed E-state index contributed by atoms with van der Waals surface area (Å²) in [6.45, 7) is 1.56. The molecule has 7 nitrogen and oxygen atoms in total. The second kappa shape index (κ2) is 7.08. The quantitative estimate of drug-likeness (QED) is 0.868. The van der Waals surface area contributed by atoms with Gasteiger partial charge in [0.2, 0.25) is 5.95 Å². The third kappa shape index (κ3) is 3.51. The molecule has 0 radical (unpaired) electrons. The van der Waals surface area contributed by atoms with Crippen molar-refractivity contribution in [3.05, 3.63) is 47.8 Å². The Morgan fingerprint density at radius 2 is 1.83 bits per heavy atom. The Morgan fingerprint density at radius 3 is 2.50 bits per heavy atom. The van der Waals surface area contributed by atoms with E-state index in [4.69, 9.17) is 0 Å². The first-order chi connectivity index (χ1) is 11.7. The molecule has 124 valence electrons. The maximum absolute atomic E-state index is 12.4. The molecular formula is C17H18N4O3. The lowest BCUT2D eigenvalue weighted by Gasteiger charge is -2.14. The average molecular weight is 326 g/mol. The van der Waals surface area contributed by atoms with Crippen molar-refractivity contribution >= 4 is 23.5 Å². The number of rotatable bonds is 4. The van der Waals surface area contributed by atoms with Crippen molar-refractivity contribution in [3.63, 3.8) is 0 Å². The van der Waals surface area contributed by atoms with Gasteiger partial charge in [0.25, 0.3) is 5.91 Å². The molecule has 2 heterocycles. The predicted molar refractivity (Wildman–Crippen MR) is 88.2 cm³/mol. The molecule has 2 aromatic rings. The SMILES string of the molecule is COC(=O)c1ccc(Nc2nccc(C(=O)N3CCCC3)n2)cc1. The van der Waals surface area contributed by atoms with Crippen LogP contribution in [0.15, 0.2) is 36.5 Å². The van der Waals surface area contributed by atoms with Crippen LogP contribution < -0.4 is 5.32 Å². The molecule has 1 aliphatic heterocycles. The number of amides is 1. The fourth-order valence-corrected chi connectivity index (χ4v) is 2.56. The lowest BCUT2D eigenvalue weighted by Crippen LogP contribution is -2.28. The summed E-state index contributed by atoms with van der Waals surface area (Å²) in [6, 6.07) is 8.36. The van der Waals surface area contributed by atoms with Crippen molar-refractivity contribution in [2.24, 2.45) is 0 Å². The van der Waals surface area contributed by atoms with E-state index in [9.17, 15) is 9.59 Å². The number of carbonyl (C=O) groups excluding carboxylic acids is 2. The number of hydrogen-bond donors (Lipinski definition) is 1. The average Bonchev–Trinajstić information content (AvgIpc) is 3.16. The monoisotopic (exact) mass is 326 g/mol. The number of benzene rings is 1. The van der Waals surface area contributed by atoms with E-state index in [1.165, 1.54) is 7.11 Å². The van der Waals surface area contributed by atoms with Crippen molar-refractivity contribution in [1.82, 2.24) is 14.9 Å². The van der Waals surface area contributed by atoms with E-state index in [1.807, 2.05) is 0 Å². The van der Waals surface area contributed by atoms with Crippen molar-refractivity contribution in [3.8, 4) is 0 Å². The van der Waals surface area contributed by atoms with Crippen LogP contribution in [-0.2, 0) is 4.74 Å². The van der Waals surface area contributed by atoms with Gasteiger partial charge in [-0.15, -0.1) is 0 Å². The van der Waals surface area contributed by atoms with Crippen LogP contribution >= 0.6 is 0 Å². The summed E-state index contributed by atoms with van der Waals surface area (Å²) < 4.78 is 4.66. The van der Waals surface area contributed by atoms with Crippen LogP contribution in [0.2, 0.25) is 0 Å². The Hall–Kier alpha value is -2.96. The number of aromatic nitrogens is 2. The van der Waals surface area contributed by atoms with E-state index in [0.29, 0.717) is 22.9 Å². The van der Waals surface area contributed by atoms with Gasteiger partial charge < -0.3 is 15.0 Å². The van der Waals surface area contributed by atoms with Gasteiger partial charge in [0.1, 0.15) is 5.69 Å². The summed E-state index contributed by atoms with van der Waals surface area (Å²) >= 11 is 0. The lowest BCUT2D eigenvalue weighted by atomic mass is 10.2. The number of nitrogens with one attached hydrogen (secondary N) is 1. The van der Waals surface area contributed by atoms with E-state index in [-0.39, 0.29) is 5.91 Å². The first kappa shape index (κ1) is 15.9. The Morgan fingerprint density at radius 1 is 1.12 bits per heavy atom. The number of ether oxygens (including phenoxy) is 1. The topological polar surface area (TPSA) is 84.4 Å². The van der Waals surface area contributed by atoms with Crippen LogP contribution in [0.3, 0.4) is 0 Å². The first-order valence-corrected chi connectivity index (χ1v) is 7.75. The summed E-state index contributed by atoms with van der Waals surface area (Å²) in [4.78, 5) is 34.0. The summed E-state index contributed by atoms with van der Waals surface area (Å²) in [6.07, 6.45) is 3.63. The fourth-order valence-electron chi connectivity index (χ4n) is 2.56. The Kier molecular flexibility index (Phi) is 4.69. The molecular weight excluding hydrogens is 308 g/mol. The van der Waals surface area contributed by atoms with E-state index in [0.717, 1.165) is 25.9 Å². The zero-order valence-corrected chi connectivity index (χ0v) is 13.4. The molecule has 1 fully saturated rings. The van der Waals surface area contributed by atoms with E-state index in [1.54, 1.807) is 41.4 Å². The number of esters is 1. The Labute approximate surface area is 139 Å². The third-order valence-corrected chi connectivity index (χ3v) is 3.83. The highest BCUT2D eigenvalue weighted by Gasteiger charge is 2.20. The second-order valence-corrected chi connectivity index (χ2v) is 5.46. The molecule has 0 unspecified atom stereocenters. The number of anilines is 2. The van der Waals surface area contributed by atoms with Crippen LogP contribution in [0.1, 0.15) is 33.7 Å². The molecule has 0 bridgehead atoms. The van der Waals surface area contributed by atoms with Gasteiger partial charge in [-0.05, 0) is 43.2 Å². The lowest BCUT2D eigenvalue weighted by molar-refractivity contribution is 0.0600. The third-order valence-electron chi connectivity index (χ3n) is 3.83. The number of methoxy groups -OCH3 is 1. The maximum Gasteiger partial charge on any atom is 0.337 e. The molecule has 1 aromatic heterocycles. The largest absolute Gasteiger partial charge is 0.465 e. The summed E-state index contributed by atoms with van der Waals surface area (Å²) in [5.74, 6) is -0.124. The fraction of sp³-hybridized carbons (Fsp3) is 0.294. The zero-order chi connectivity index (χ0) is 16.9. The predicted octanol–water partition coefficient (Wildman–Crippen LogP) is 2.24. The van der Waals surface area contributed by atoms with Crippen LogP contribution in [0.25, 0.3) is 0 Å². The maximum atomic E-state index is 12.4. The van der Waals surface area contributed by atoms with Gasteiger partial charge in [-0.25, -0.2) is 14.8 Å². The molecule has 0 spiro atoms. The Bertz CT molecular complexity index is 740. The minimum absolute atomic E-state index is 0.0704. The van der Waals surface area contributed by atoms with Gasteiger partial charge in [-0.1, -0.05) is 0 Å². The Balaban J connectivity index is 1.72. The van der Waals surface area contributed by atoms with Gasteiger partial charge in [0, 0.05) is 25.0 Å². The van der Waals surface area contributed by atoms with Crippen LogP contribution in [0, 0.1) is 0 Å². The minimum atomic E-state index is -0.393. The summed E-state index contributed by atoms with van der Waals surface area (Å²) in [7, 11) is 1.34. The minimum Gasteiger partial charge on any atom is -0.465 e. The number of carbonyl (C=O) groups is 2. The van der Waals surface area contributed by atoms with Crippen molar-refractivity contribution in [1.29, 1.82) is 0 Å². The van der Waals surface area contributed by atoms with E-state index in [2.05, 4.69) is 20.0 Å². The van der Waals surface area contributed by atoms with E-state index >= 15 is 0 Å². The van der Waals surface area contributed by atoms with Gasteiger partial charge in [-0.2, -0.15) is 0 Å². The standard InChI is InChI=1S/C17H18N4O3/c1-24-16(23)12-4-6-13(7-5-12)19-17-18-9-8-14(20-17)15(22)21-10-2-3-11-21/h4-9H,2-3,10-11H2,1H3,(H,18,19,20). The second-order valence-electron chi connectivity index (χ2n) is 5.46. The van der Waals surface area contributed by atoms with Gasteiger partial charge in [0.05, 0.1) is 12.7 Å². The molecule has 7 heteroatoms. The number of nitrogens with zero attached hydrogens (tertiary/aromatic N) is 3. The van der Waals surface area contributed by atoms with Crippen LogP contribution in [0.4, 0.5) is 11.6 Å². The molecule has 1 saturated heterocycles. The van der Waals surface area contributed by atoms with Gasteiger partial charge >= 0.3 is 5.97 Å². The molecule has 1 aliphatic rings. The molecule has 1 aromatic carbocycles. The molecule has 1 amide bonds. The molecule has 24 heavy (non-hydrogen) atoms. The van der Waals surface area contributed by atoms with Crippen LogP contribution in [0.5, 0.6) is 0 Å². The summed E-state index contributed by atoms with van der Waals surface area (Å²) in [5, 5.41) is 3.03. The number of hydrogen-bond acceptors (Lipinski definition) is 6. The van der Waals surface area contributed by atoms with Gasteiger partial charge in [-0.3, -0.25) is 4.79 Å². The van der Waals surface area contributed by atoms with Crippen molar-refractivity contribution < 1.29 is 14.3 Å². The van der Waals surface area contributed by atoms with Crippen molar-refractivity contribution in [2.45, 2.75) is 12.8 Å². The molecule has 3 rings (SSSR count). The highest BCUT2D eigenvalue weighted by Crippen LogP contribution is 2.16. The first-order valence-electron chi connectivity index (χ1n) is 7.75. The van der Waals surface area contributed by atoms with Crippen LogP contribution in [-0.4, -0.2) is 46.9 Å². The molecule has 0 saturated carbocycles. The smallest absolute Gasteiger partial charge is 0.337 e. The molecule has 0 atom stereocenters. The summed E-state index contributed by atoms with van der Waals surface area (Å²) in [5.41, 5.74) is 1.55. The highest BCUT2D eigenvalue weighted by atomic mass is 16.5.